The van der Waals surface area contributed by atoms with Crippen molar-refractivity contribution in [2.75, 3.05) is 39.6 Å². The Hall–Kier alpha value is -2.52. The molecular weight excluding hydrogens is 680 g/mol. The molecule has 4 rings (SSSR count). The smallest absolute Gasteiger partial charge is 0.408 e. The average Bonchev–Trinajstić information content (AvgIpc) is 3.41. The molecule has 3 saturated heterocycles. The van der Waals surface area contributed by atoms with E-state index in [0.717, 1.165) is 5.69 Å². The molecule has 3 heterocycles. The number of fused-ring (bicyclic) bond motifs is 1. The number of Topliss-reactive ketones (excluding diaryl/α,β-unsaturated/α-hetero) is 1. The van der Waals surface area contributed by atoms with E-state index in [4.69, 9.17) is 35.3 Å². The van der Waals surface area contributed by atoms with Gasteiger partial charge in [-0.05, 0) is 97.8 Å². The lowest BCUT2D eigenvalue weighted by Crippen LogP contribution is -2.60. The maximum absolute atomic E-state index is 14.3. The molecule has 0 spiro atoms. The van der Waals surface area contributed by atoms with Crippen molar-refractivity contribution in [2.24, 2.45) is 17.8 Å². The number of amides is 1. The minimum Gasteiger partial charge on any atom is -0.458 e. The van der Waals surface area contributed by atoms with Gasteiger partial charge in [-0.1, -0.05) is 32.4 Å². The number of benzene rings is 1. The Balaban J connectivity index is 1.66. The zero-order chi connectivity index (χ0) is 37.8. The number of aliphatic hydroxyl groups excluding tert-OH is 1. The van der Waals surface area contributed by atoms with Crippen molar-refractivity contribution >= 4 is 35.1 Å². The molecule has 0 aliphatic carbocycles. The first-order chi connectivity index (χ1) is 23.9. The highest BCUT2D eigenvalue weighted by Crippen LogP contribution is 2.38. The molecule has 0 bridgehead atoms. The predicted octanol–water partition coefficient (Wildman–Crippen LogP) is 4.00. The number of methoxy groups -OCH3 is 1. The third kappa shape index (κ3) is 9.35. The van der Waals surface area contributed by atoms with Gasteiger partial charge in [0.15, 0.2) is 17.7 Å². The van der Waals surface area contributed by atoms with Gasteiger partial charge in [0, 0.05) is 42.4 Å². The number of alkyl carbamates (subject to hydrolysis) is 1. The number of hydrogen-bond donors (Lipinski definition) is 4. The first kappa shape index (κ1) is 41.2. The Bertz CT molecular complexity index is 1350. The van der Waals surface area contributed by atoms with E-state index in [0.29, 0.717) is 37.4 Å². The predicted molar refractivity (Wildman–Crippen MR) is 194 cm³/mol. The third-order valence-corrected chi connectivity index (χ3v) is 11.3. The van der Waals surface area contributed by atoms with Gasteiger partial charge in [0.25, 0.3) is 0 Å². The third-order valence-electron chi connectivity index (χ3n) is 11.1. The average molecular weight is 739 g/mol. The number of carbonyl (C=O) groups excluding carboxylic acids is 3. The van der Waals surface area contributed by atoms with Gasteiger partial charge in [0.2, 0.25) is 0 Å². The van der Waals surface area contributed by atoms with Crippen molar-refractivity contribution in [3.05, 3.63) is 29.3 Å². The minimum absolute atomic E-state index is 0.000493. The molecule has 13 nitrogen and oxygen atoms in total. The fourth-order valence-corrected chi connectivity index (χ4v) is 8.08. The molecule has 51 heavy (non-hydrogen) atoms. The number of nitrogens with one attached hydrogen (secondary N) is 3. The highest BCUT2D eigenvalue weighted by Gasteiger charge is 2.55. The molecular formula is C37H59ClN4O9. The fourth-order valence-electron chi connectivity index (χ4n) is 7.95. The highest BCUT2D eigenvalue weighted by molar-refractivity contribution is 6.30. The number of esters is 1. The zero-order valence-electron chi connectivity index (χ0n) is 31.7. The second kappa shape index (κ2) is 17.1. The summed E-state index contributed by atoms with van der Waals surface area (Å²) in [7, 11) is 5.37. The van der Waals surface area contributed by atoms with E-state index in [1.807, 2.05) is 51.9 Å². The molecule has 288 valence electrons. The Morgan fingerprint density at radius 2 is 1.76 bits per heavy atom. The van der Waals surface area contributed by atoms with Crippen LogP contribution in [0.4, 0.5) is 10.5 Å². The molecule has 1 aromatic rings. The largest absolute Gasteiger partial charge is 0.458 e. The first-order valence-electron chi connectivity index (χ1n) is 18.1. The van der Waals surface area contributed by atoms with Crippen LogP contribution in [0.1, 0.15) is 67.7 Å². The van der Waals surface area contributed by atoms with Crippen LogP contribution < -0.4 is 16.0 Å². The Labute approximate surface area is 307 Å². The van der Waals surface area contributed by atoms with E-state index >= 15 is 0 Å². The van der Waals surface area contributed by atoms with Gasteiger partial charge in [0.05, 0.1) is 23.9 Å². The lowest BCUT2D eigenvalue weighted by Gasteiger charge is -2.47. The maximum Gasteiger partial charge on any atom is 0.408 e. The summed E-state index contributed by atoms with van der Waals surface area (Å²) in [6.07, 6.45) is -3.49. The molecule has 14 heteroatoms. The van der Waals surface area contributed by atoms with Crippen LogP contribution in [0.15, 0.2) is 24.3 Å². The van der Waals surface area contributed by atoms with Gasteiger partial charge in [0.1, 0.15) is 18.1 Å². The second-order valence-electron chi connectivity index (χ2n) is 15.3. The Morgan fingerprint density at radius 1 is 1.10 bits per heavy atom. The van der Waals surface area contributed by atoms with Crippen LogP contribution in [-0.2, 0) is 33.3 Å². The number of ketones is 1. The van der Waals surface area contributed by atoms with Crippen LogP contribution in [0.3, 0.4) is 0 Å². The molecule has 13 atom stereocenters. The van der Waals surface area contributed by atoms with Crippen LogP contribution in [-0.4, -0.2) is 122 Å². The van der Waals surface area contributed by atoms with E-state index in [2.05, 4.69) is 22.9 Å². The van der Waals surface area contributed by atoms with Crippen molar-refractivity contribution in [3.8, 4) is 0 Å². The van der Waals surface area contributed by atoms with Crippen LogP contribution in [0, 0.1) is 17.8 Å². The quantitative estimate of drug-likeness (QED) is 0.225. The van der Waals surface area contributed by atoms with Crippen LogP contribution in [0.25, 0.3) is 0 Å². The number of hydrogen-bond acceptors (Lipinski definition) is 12. The number of anilines is 1. The van der Waals surface area contributed by atoms with Crippen LogP contribution in [0.5, 0.6) is 0 Å². The number of ether oxygens (including phenoxy) is 5. The SMILES string of the molecule is CC[C@@H]1OC(=O)C(C)C(=O)[C@H](C)[C@@H](O[C@@H]2O[C@H](CNc3ccc(Cl)cc3)CC(N(C)C)C2O)[C@](C)(OC)C[C@@H](C)CN[C@H](C)[C@H]2NC(=O)O[C@]12C. The summed E-state index contributed by atoms with van der Waals surface area (Å²) in [4.78, 5) is 42.4. The van der Waals surface area contributed by atoms with E-state index in [1.54, 1.807) is 33.1 Å². The lowest BCUT2D eigenvalue weighted by atomic mass is 9.78. The van der Waals surface area contributed by atoms with E-state index in [-0.39, 0.29) is 24.1 Å². The van der Waals surface area contributed by atoms with E-state index in [1.165, 1.54) is 6.92 Å². The first-order valence-corrected chi connectivity index (χ1v) is 18.5. The summed E-state index contributed by atoms with van der Waals surface area (Å²) < 4.78 is 31.2. The Kier molecular flexibility index (Phi) is 13.8. The summed E-state index contributed by atoms with van der Waals surface area (Å²) in [5.74, 6) is -3.18. The normalized spacial score (nSPS) is 40.0. The number of halogens is 1. The molecule has 0 radical (unpaired) electrons. The summed E-state index contributed by atoms with van der Waals surface area (Å²) in [5, 5.41) is 22.1. The van der Waals surface area contributed by atoms with Gasteiger partial charge < -0.3 is 49.6 Å². The fraction of sp³-hybridized carbons (Fsp3) is 0.757. The molecule has 3 aliphatic rings. The van der Waals surface area contributed by atoms with Gasteiger partial charge in [-0.25, -0.2) is 4.79 Å². The van der Waals surface area contributed by atoms with Gasteiger partial charge in [-0.3, -0.25) is 9.59 Å². The number of likely N-dealkylation sites (N-methyl/N-ethyl adjacent to an activating group) is 1. The lowest BCUT2D eigenvalue weighted by molar-refractivity contribution is -0.296. The number of cyclic esters (lactones) is 1. The molecule has 0 saturated carbocycles. The number of aliphatic hydroxyl groups is 1. The number of nitrogens with zero attached hydrogens (tertiary/aromatic N) is 1. The summed E-state index contributed by atoms with van der Waals surface area (Å²) in [5.41, 5.74) is -1.36. The molecule has 1 aromatic carbocycles. The van der Waals surface area contributed by atoms with Crippen molar-refractivity contribution in [1.29, 1.82) is 0 Å². The standard InChI is InChI=1S/C37H59ClN4O9/c1-11-28-37(7)31(41-35(46)51-37)23(5)39-18-20(2)17-36(6,47-10)32(21(3)29(43)22(4)33(45)49-28)50-34-30(44)27(42(8)9)16-26(48-34)19-40-25-14-12-24(38)13-15-25/h12-15,20-23,26-28,30-32,34,39-40,44H,11,16-19H2,1-10H3,(H,41,46)/t20-,21+,22?,23-,26+,27?,28+,30?,31-,32-,34+,36-,37-/m1/s1. The van der Waals surface area contributed by atoms with Crippen molar-refractivity contribution in [2.45, 2.75) is 128 Å². The number of rotatable bonds is 8. The van der Waals surface area contributed by atoms with Crippen LogP contribution >= 0.6 is 11.6 Å². The van der Waals surface area contributed by atoms with Crippen LogP contribution in [0.2, 0.25) is 5.02 Å². The van der Waals surface area contributed by atoms with Gasteiger partial charge >= 0.3 is 12.1 Å². The molecule has 4 N–H and O–H groups in total. The van der Waals surface area contributed by atoms with Gasteiger partial charge in [-0.15, -0.1) is 0 Å². The second-order valence-corrected chi connectivity index (χ2v) is 15.7. The summed E-state index contributed by atoms with van der Waals surface area (Å²) in [6, 6.07) is 6.30. The van der Waals surface area contributed by atoms with E-state index in [9.17, 15) is 19.5 Å². The monoisotopic (exact) mass is 738 g/mol. The van der Waals surface area contributed by atoms with Crippen molar-refractivity contribution < 1.29 is 43.2 Å². The summed E-state index contributed by atoms with van der Waals surface area (Å²) >= 11 is 6.07. The van der Waals surface area contributed by atoms with E-state index < -0.39 is 71.5 Å². The molecule has 3 fully saturated rings. The zero-order valence-corrected chi connectivity index (χ0v) is 32.5. The Morgan fingerprint density at radius 3 is 2.37 bits per heavy atom. The molecule has 0 aromatic heterocycles. The topological polar surface area (TPSA) is 157 Å². The van der Waals surface area contributed by atoms with Crippen molar-refractivity contribution in [1.82, 2.24) is 15.5 Å². The molecule has 3 unspecified atom stereocenters. The summed E-state index contributed by atoms with van der Waals surface area (Å²) in [6.45, 7) is 13.7. The van der Waals surface area contributed by atoms with Gasteiger partial charge in [-0.2, -0.15) is 0 Å². The highest BCUT2D eigenvalue weighted by atomic mass is 35.5. The minimum atomic E-state index is -1.17. The molecule has 1 amide bonds. The van der Waals surface area contributed by atoms with Crippen molar-refractivity contribution in [3.63, 3.8) is 0 Å². The number of carbonyl (C=O) groups is 3. The maximum atomic E-state index is 14.3. The molecule has 3 aliphatic heterocycles.